The molecule has 0 aliphatic carbocycles. The van der Waals surface area contributed by atoms with E-state index in [2.05, 4.69) is 9.97 Å². The number of nitrogens with two attached hydrogens (primary N) is 2. The fourth-order valence-electron chi connectivity index (χ4n) is 2.19. The quantitative estimate of drug-likeness (QED) is 0.652. The Morgan fingerprint density at radius 2 is 1.95 bits per heavy atom. The van der Waals surface area contributed by atoms with Crippen LogP contribution >= 0.6 is 0 Å². The molecule has 0 unspecified atom stereocenters. The van der Waals surface area contributed by atoms with E-state index in [-0.39, 0.29) is 0 Å². The van der Waals surface area contributed by atoms with Gasteiger partial charge in [0.25, 0.3) is 0 Å². The van der Waals surface area contributed by atoms with Gasteiger partial charge in [-0.2, -0.15) is 0 Å². The van der Waals surface area contributed by atoms with Gasteiger partial charge in [-0.3, -0.25) is 0 Å². The van der Waals surface area contributed by atoms with Gasteiger partial charge in [-0.05, 0) is 18.2 Å². The summed E-state index contributed by atoms with van der Waals surface area (Å²) in [5.41, 5.74) is 13.6. The van der Waals surface area contributed by atoms with Gasteiger partial charge in [-0.25, -0.2) is 14.4 Å². The van der Waals surface area contributed by atoms with E-state index < -0.39 is 5.82 Å². The summed E-state index contributed by atoms with van der Waals surface area (Å²) in [6, 6.07) is 4.57. The topological polar surface area (TPSA) is 82.8 Å². The molecule has 5 nitrogen and oxygen atoms in total. The summed E-state index contributed by atoms with van der Waals surface area (Å²) in [6.07, 6.45) is 3.17. The molecule has 19 heavy (non-hydrogen) atoms. The summed E-state index contributed by atoms with van der Waals surface area (Å²) in [6.45, 7) is 0. The summed E-state index contributed by atoms with van der Waals surface area (Å²) in [5, 5.41) is 0.647. The summed E-state index contributed by atoms with van der Waals surface area (Å²) in [5.74, 6) is -0.0624. The molecule has 6 heteroatoms. The van der Waals surface area contributed by atoms with Crippen molar-refractivity contribution in [1.29, 1.82) is 0 Å². The zero-order valence-corrected chi connectivity index (χ0v) is 10.3. The molecular formula is C13H12FN5. The number of rotatable bonds is 1. The predicted octanol–water partition coefficient (Wildman–Crippen LogP) is 1.94. The Morgan fingerprint density at radius 3 is 2.68 bits per heavy atom. The van der Waals surface area contributed by atoms with Crippen LogP contribution < -0.4 is 11.5 Å². The predicted molar refractivity (Wildman–Crippen MR) is 72.7 cm³/mol. The first-order valence-corrected chi connectivity index (χ1v) is 5.69. The van der Waals surface area contributed by atoms with Crippen molar-refractivity contribution in [2.24, 2.45) is 7.05 Å². The van der Waals surface area contributed by atoms with E-state index in [1.54, 1.807) is 22.9 Å². The monoisotopic (exact) mass is 257 g/mol. The van der Waals surface area contributed by atoms with E-state index in [9.17, 15) is 4.39 Å². The zero-order chi connectivity index (χ0) is 13.6. The number of fused-ring (bicyclic) bond motifs is 1. The van der Waals surface area contributed by atoms with Crippen molar-refractivity contribution in [2.75, 3.05) is 11.5 Å². The molecule has 96 valence electrons. The molecule has 0 saturated carbocycles. The lowest BCUT2D eigenvalue weighted by Crippen LogP contribution is -1.95. The highest BCUT2D eigenvalue weighted by Gasteiger charge is 2.16. The molecule has 0 spiro atoms. The van der Waals surface area contributed by atoms with E-state index >= 15 is 0 Å². The van der Waals surface area contributed by atoms with Gasteiger partial charge in [0, 0.05) is 30.1 Å². The Balaban J connectivity index is 2.37. The smallest absolute Gasteiger partial charge is 0.145 e. The Bertz CT molecular complexity index is 778. The second-order valence-electron chi connectivity index (χ2n) is 4.35. The number of aromatic nitrogens is 3. The molecule has 0 saturated heterocycles. The minimum absolute atomic E-state index is 0.330. The maximum atomic E-state index is 14.0. The number of nitrogen functional groups attached to an aromatic ring is 2. The second kappa shape index (κ2) is 3.94. The molecule has 0 radical (unpaired) electrons. The SMILES string of the molecule is Cn1cc(-c2ccc(N)cc2F)c2c(N)ncnc21. The van der Waals surface area contributed by atoms with E-state index in [4.69, 9.17) is 11.5 Å². The molecule has 0 aliphatic rings. The molecule has 3 aromatic rings. The fraction of sp³-hybridized carbons (Fsp3) is 0.0769. The van der Waals surface area contributed by atoms with Crippen LogP contribution in [0.5, 0.6) is 0 Å². The van der Waals surface area contributed by atoms with Crippen LogP contribution in [0.2, 0.25) is 0 Å². The van der Waals surface area contributed by atoms with Crippen molar-refractivity contribution in [1.82, 2.24) is 14.5 Å². The standard InChI is InChI=1S/C13H12FN5/c1-19-5-9(8-3-2-7(15)4-10(8)14)11-12(16)17-6-18-13(11)19/h2-6H,15H2,1H3,(H2,16,17,18). The molecule has 1 aromatic carbocycles. The van der Waals surface area contributed by atoms with Gasteiger partial charge in [0.2, 0.25) is 0 Å². The molecule has 0 amide bonds. The third-order valence-electron chi connectivity index (χ3n) is 3.07. The van der Waals surface area contributed by atoms with Crippen LogP contribution in [0, 0.1) is 5.82 Å². The van der Waals surface area contributed by atoms with Crippen LogP contribution in [0.1, 0.15) is 0 Å². The van der Waals surface area contributed by atoms with Crippen LogP contribution in [0.4, 0.5) is 15.9 Å². The van der Waals surface area contributed by atoms with Crippen molar-refractivity contribution in [3.63, 3.8) is 0 Å². The first-order chi connectivity index (χ1) is 9.08. The number of hydrogen-bond acceptors (Lipinski definition) is 4. The number of halogens is 1. The average Bonchev–Trinajstić information content (AvgIpc) is 2.68. The first-order valence-electron chi connectivity index (χ1n) is 5.69. The Hall–Kier alpha value is -2.63. The lowest BCUT2D eigenvalue weighted by atomic mass is 10.1. The van der Waals surface area contributed by atoms with E-state index in [0.717, 1.165) is 0 Å². The van der Waals surface area contributed by atoms with Crippen LogP contribution in [-0.4, -0.2) is 14.5 Å². The average molecular weight is 257 g/mol. The Morgan fingerprint density at radius 1 is 1.16 bits per heavy atom. The molecule has 0 aliphatic heterocycles. The molecule has 2 heterocycles. The third-order valence-corrected chi connectivity index (χ3v) is 3.07. The first kappa shape index (κ1) is 11.5. The van der Waals surface area contributed by atoms with E-state index in [1.807, 2.05) is 7.05 Å². The summed E-state index contributed by atoms with van der Waals surface area (Å²) in [7, 11) is 1.83. The van der Waals surface area contributed by atoms with Crippen LogP contribution in [-0.2, 0) is 7.05 Å². The van der Waals surface area contributed by atoms with E-state index in [0.29, 0.717) is 33.7 Å². The molecule has 0 bridgehead atoms. The van der Waals surface area contributed by atoms with E-state index in [1.165, 1.54) is 12.4 Å². The van der Waals surface area contributed by atoms with Crippen molar-refractivity contribution < 1.29 is 4.39 Å². The zero-order valence-electron chi connectivity index (χ0n) is 10.3. The summed E-state index contributed by atoms with van der Waals surface area (Å²) >= 11 is 0. The van der Waals surface area contributed by atoms with Gasteiger partial charge in [-0.1, -0.05) is 0 Å². The van der Waals surface area contributed by atoms with Gasteiger partial charge in [0.1, 0.15) is 23.6 Å². The van der Waals surface area contributed by atoms with Gasteiger partial charge in [-0.15, -0.1) is 0 Å². The number of aryl methyl sites for hydroxylation is 1. The van der Waals surface area contributed by atoms with Crippen LogP contribution in [0.25, 0.3) is 22.2 Å². The number of nitrogens with zero attached hydrogens (tertiary/aromatic N) is 3. The number of hydrogen-bond donors (Lipinski definition) is 2. The number of anilines is 2. The third kappa shape index (κ3) is 1.69. The van der Waals surface area contributed by atoms with Crippen LogP contribution in [0.15, 0.2) is 30.7 Å². The normalized spacial score (nSPS) is 11.1. The van der Waals surface area contributed by atoms with Crippen molar-refractivity contribution >= 4 is 22.5 Å². The van der Waals surface area contributed by atoms with Gasteiger partial charge < -0.3 is 16.0 Å². The molecular weight excluding hydrogens is 245 g/mol. The highest BCUT2D eigenvalue weighted by Crippen LogP contribution is 2.33. The maximum Gasteiger partial charge on any atom is 0.145 e. The summed E-state index contributed by atoms with van der Waals surface area (Å²) in [4.78, 5) is 8.12. The number of benzene rings is 1. The molecule has 0 atom stereocenters. The lowest BCUT2D eigenvalue weighted by molar-refractivity contribution is 0.632. The highest BCUT2D eigenvalue weighted by molar-refractivity contribution is 6.00. The van der Waals surface area contributed by atoms with Crippen molar-refractivity contribution in [3.8, 4) is 11.1 Å². The minimum Gasteiger partial charge on any atom is -0.399 e. The Kier molecular flexibility index (Phi) is 2.38. The Labute approximate surface area is 108 Å². The lowest BCUT2D eigenvalue weighted by Gasteiger charge is -2.03. The minimum atomic E-state index is -0.393. The van der Waals surface area contributed by atoms with Crippen LogP contribution in [0.3, 0.4) is 0 Å². The molecule has 3 rings (SSSR count). The van der Waals surface area contributed by atoms with Gasteiger partial charge in [0.05, 0.1) is 5.39 Å². The molecule has 4 N–H and O–H groups in total. The largest absolute Gasteiger partial charge is 0.399 e. The fourth-order valence-corrected chi connectivity index (χ4v) is 2.19. The highest BCUT2D eigenvalue weighted by atomic mass is 19.1. The second-order valence-corrected chi connectivity index (χ2v) is 4.35. The van der Waals surface area contributed by atoms with Crippen molar-refractivity contribution in [2.45, 2.75) is 0 Å². The van der Waals surface area contributed by atoms with Gasteiger partial charge in [0.15, 0.2) is 0 Å². The maximum absolute atomic E-state index is 14.0. The molecule has 2 aromatic heterocycles. The van der Waals surface area contributed by atoms with Crippen molar-refractivity contribution in [3.05, 3.63) is 36.5 Å². The van der Waals surface area contributed by atoms with Gasteiger partial charge >= 0.3 is 0 Å². The summed E-state index contributed by atoms with van der Waals surface area (Å²) < 4.78 is 15.8. The molecule has 0 fully saturated rings.